The fraction of sp³-hybridized carbons (Fsp3) is 0.412. The molecule has 1 atom stereocenters. The zero-order valence-corrected chi connectivity index (χ0v) is 15.8. The number of piperidine rings is 1. The second-order valence-corrected chi connectivity index (χ2v) is 8.34. The Kier molecular flexibility index (Phi) is 5.56. The van der Waals surface area contributed by atoms with Crippen molar-refractivity contribution < 1.29 is 21.9 Å². The van der Waals surface area contributed by atoms with Crippen molar-refractivity contribution in [3.63, 3.8) is 0 Å². The van der Waals surface area contributed by atoms with Gasteiger partial charge in [0.15, 0.2) is 17.5 Å². The largest absolute Gasteiger partial charge is 0.470 e. The van der Waals surface area contributed by atoms with Crippen molar-refractivity contribution in [2.24, 2.45) is 0 Å². The molecule has 1 saturated heterocycles. The van der Waals surface area contributed by atoms with Gasteiger partial charge < -0.3 is 9.64 Å². The van der Waals surface area contributed by atoms with Crippen LogP contribution >= 0.6 is 0 Å². The van der Waals surface area contributed by atoms with Crippen molar-refractivity contribution >= 4 is 15.8 Å². The molecule has 10 heteroatoms. The van der Waals surface area contributed by atoms with E-state index in [9.17, 15) is 17.2 Å². The van der Waals surface area contributed by atoms with Crippen LogP contribution in [0.4, 0.5) is 14.6 Å². The predicted molar refractivity (Wildman–Crippen MR) is 95.1 cm³/mol. The Bertz CT molecular complexity index is 924. The average molecular weight is 398 g/mol. The molecule has 0 aliphatic carbocycles. The molecule has 3 rings (SSSR count). The number of aromatic nitrogens is 2. The van der Waals surface area contributed by atoms with Crippen LogP contribution in [-0.4, -0.2) is 56.0 Å². The van der Waals surface area contributed by atoms with E-state index in [0.29, 0.717) is 30.6 Å². The second kappa shape index (κ2) is 7.73. The third-order valence-corrected chi connectivity index (χ3v) is 6.08. The third-order valence-electron chi connectivity index (χ3n) is 4.22. The van der Waals surface area contributed by atoms with Crippen LogP contribution in [0.1, 0.15) is 12.8 Å². The molecule has 146 valence electrons. The van der Waals surface area contributed by atoms with E-state index >= 15 is 0 Å². The van der Waals surface area contributed by atoms with E-state index in [1.165, 1.54) is 10.5 Å². The molecule has 0 amide bonds. The molecule has 27 heavy (non-hydrogen) atoms. The molecule has 7 nitrogen and oxygen atoms in total. The normalized spacial score (nSPS) is 18.3. The Balaban J connectivity index is 1.79. The molecule has 1 aliphatic heterocycles. The van der Waals surface area contributed by atoms with Crippen LogP contribution in [0.3, 0.4) is 0 Å². The monoisotopic (exact) mass is 398 g/mol. The lowest BCUT2D eigenvalue weighted by molar-refractivity contribution is 0.125. The number of nitrogens with zero attached hydrogens (tertiary/aromatic N) is 4. The lowest BCUT2D eigenvalue weighted by Gasteiger charge is -2.32. The van der Waals surface area contributed by atoms with Gasteiger partial charge in [-0.05, 0) is 31.0 Å². The SMILES string of the molecule is CN(C)c1nccnc1OC1CCCN(S(=O)(=O)c2ccc(F)c(F)c2)C1. The molecule has 2 heterocycles. The highest BCUT2D eigenvalue weighted by Gasteiger charge is 2.32. The summed E-state index contributed by atoms with van der Waals surface area (Å²) in [6.07, 6.45) is 3.84. The Morgan fingerprint density at radius 2 is 1.93 bits per heavy atom. The maximum atomic E-state index is 13.5. The first-order valence-electron chi connectivity index (χ1n) is 8.39. The summed E-state index contributed by atoms with van der Waals surface area (Å²) < 4.78 is 59.2. The molecule has 1 aliphatic rings. The number of rotatable bonds is 5. The first-order valence-corrected chi connectivity index (χ1v) is 9.83. The van der Waals surface area contributed by atoms with Crippen molar-refractivity contribution in [2.45, 2.75) is 23.8 Å². The van der Waals surface area contributed by atoms with Gasteiger partial charge in [0.25, 0.3) is 5.88 Å². The minimum Gasteiger partial charge on any atom is -0.470 e. The summed E-state index contributed by atoms with van der Waals surface area (Å²) >= 11 is 0. The van der Waals surface area contributed by atoms with E-state index in [2.05, 4.69) is 9.97 Å². The summed E-state index contributed by atoms with van der Waals surface area (Å²) in [6.45, 7) is 0.368. The Morgan fingerprint density at radius 3 is 2.63 bits per heavy atom. The molecule has 0 bridgehead atoms. The van der Waals surface area contributed by atoms with E-state index in [0.717, 1.165) is 12.1 Å². The van der Waals surface area contributed by atoms with E-state index in [1.807, 2.05) is 0 Å². The molecule has 1 aromatic heterocycles. The number of benzene rings is 1. The molecular formula is C17H20F2N4O3S. The summed E-state index contributed by atoms with van der Waals surface area (Å²) in [5, 5.41) is 0. The van der Waals surface area contributed by atoms with Crippen LogP contribution in [0.25, 0.3) is 0 Å². The van der Waals surface area contributed by atoms with Crippen LogP contribution in [0, 0.1) is 11.6 Å². The highest BCUT2D eigenvalue weighted by Crippen LogP contribution is 2.27. The van der Waals surface area contributed by atoms with Crippen LogP contribution in [-0.2, 0) is 10.0 Å². The summed E-state index contributed by atoms with van der Waals surface area (Å²) in [6, 6.07) is 2.57. The van der Waals surface area contributed by atoms with Gasteiger partial charge in [-0.2, -0.15) is 4.31 Å². The maximum absolute atomic E-state index is 13.5. The van der Waals surface area contributed by atoms with Gasteiger partial charge >= 0.3 is 0 Å². The molecule has 1 unspecified atom stereocenters. The van der Waals surface area contributed by atoms with Crippen molar-refractivity contribution in [2.75, 3.05) is 32.1 Å². The van der Waals surface area contributed by atoms with Crippen LogP contribution in [0.5, 0.6) is 5.88 Å². The van der Waals surface area contributed by atoms with Crippen LogP contribution in [0.2, 0.25) is 0 Å². The molecule has 1 fully saturated rings. The quantitative estimate of drug-likeness (QED) is 0.767. The smallest absolute Gasteiger partial charge is 0.257 e. The molecule has 0 saturated carbocycles. The molecule has 1 aromatic carbocycles. The Labute approximate surface area is 156 Å². The van der Waals surface area contributed by atoms with E-state index in [-0.39, 0.29) is 18.0 Å². The van der Waals surface area contributed by atoms with E-state index < -0.39 is 27.8 Å². The number of ether oxygens (including phenoxy) is 1. The van der Waals surface area contributed by atoms with Gasteiger partial charge in [-0.15, -0.1) is 0 Å². The number of sulfonamides is 1. The fourth-order valence-corrected chi connectivity index (χ4v) is 4.39. The number of hydrogen-bond donors (Lipinski definition) is 0. The van der Waals surface area contributed by atoms with Gasteiger partial charge in [0, 0.05) is 33.0 Å². The summed E-state index contributed by atoms with van der Waals surface area (Å²) in [5.74, 6) is -1.43. The topological polar surface area (TPSA) is 75.6 Å². The van der Waals surface area contributed by atoms with Crippen molar-refractivity contribution in [1.29, 1.82) is 0 Å². The van der Waals surface area contributed by atoms with Crippen LogP contribution < -0.4 is 9.64 Å². The minimum atomic E-state index is -3.95. The first kappa shape index (κ1) is 19.4. The molecule has 0 radical (unpaired) electrons. The van der Waals surface area contributed by atoms with Gasteiger partial charge in [-0.25, -0.2) is 27.2 Å². The van der Waals surface area contributed by atoms with Crippen molar-refractivity contribution in [3.8, 4) is 5.88 Å². The summed E-state index contributed by atoms with van der Waals surface area (Å²) in [4.78, 5) is 9.85. The van der Waals surface area contributed by atoms with Crippen molar-refractivity contribution in [3.05, 3.63) is 42.2 Å². The van der Waals surface area contributed by atoms with Gasteiger partial charge in [0.1, 0.15) is 6.10 Å². The maximum Gasteiger partial charge on any atom is 0.257 e. The van der Waals surface area contributed by atoms with Gasteiger partial charge in [-0.1, -0.05) is 0 Å². The highest BCUT2D eigenvalue weighted by molar-refractivity contribution is 7.89. The highest BCUT2D eigenvalue weighted by atomic mass is 32.2. The van der Waals surface area contributed by atoms with E-state index in [1.54, 1.807) is 25.2 Å². The lowest BCUT2D eigenvalue weighted by Crippen LogP contribution is -2.44. The Hall–Kier alpha value is -2.33. The van der Waals surface area contributed by atoms with Gasteiger partial charge in [-0.3, -0.25) is 0 Å². The standard InChI is InChI=1S/C17H20F2N4O3S/c1-22(2)16-17(21-8-7-20-16)26-12-4-3-9-23(11-12)27(24,25)13-5-6-14(18)15(19)10-13/h5-8,10,12H,3-4,9,11H2,1-2H3. The summed E-state index contributed by atoms with van der Waals surface area (Å²) in [7, 11) is -0.346. The molecular weight excluding hydrogens is 378 g/mol. The fourth-order valence-electron chi connectivity index (χ4n) is 2.87. The number of anilines is 1. The zero-order valence-electron chi connectivity index (χ0n) is 15.0. The average Bonchev–Trinajstić information content (AvgIpc) is 2.64. The molecule has 2 aromatic rings. The van der Waals surface area contributed by atoms with E-state index in [4.69, 9.17) is 4.74 Å². The Morgan fingerprint density at radius 1 is 1.19 bits per heavy atom. The second-order valence-electron chi connectivity index (χ2n) is 6.40. The minimum absolute atomic E-state index is 0.0881. The van der Waals surface area contributed by atoms with Gasteiger partial charge in [0.2, 0.25) is 10.0 Å². The van der Waals surface area contributed by atoms with Crippen molar-refractivity contribution in [1.82, 2.24) is 14.3 Å². The zero-order chi connectivity index (χ0) is 19.6. The molecule has 0 N–H and O–H groups in total. The first-order chi connectivity index (χ1) is 12.8. The molecule has 0 spiro atoms. The number of halogens is 2. The van der Waals surface area contributed by atoms with Gasteiger partial charge in [0.05, 0.1) is 11.4 Å². The number of hydrogen-bond acceptors (Lipinski definition) is 6. The van der Waals surface area contributed by atoms with Crippen LogP contribution in [0.15, 0.2) is 35.5 Å². The summed E-state index contributed by atoms with van der Waals surface area (Å²) in [5.41, 5.74) is 0. The lowest BCUT2D eigenvalue weighted by atomic mass is 10.1. The predicted octanol–water partition coefficient (Wildman–Crippen LogP) is 2.05. The third kappa shape index (κ3) is 4.16.